The molecule has 0 aromatic rings. The summed E-state index contributed by atoms with van der Waals surface area (Å²) in [7, 11) is 0. The van der Waals surface area contributed by atoms with Crippen LogP contribution in [0.15, 0.2) is 0 Å². The topological polar surface area (TPSA) is 17.1 Å². The van der Waals surface area contributed by atoms with Crippen LogP contribution in [0.1, 0.15) is 40.0 Å². The number of carbonyl (C=O) groups excluding carboxylic acids is 1. The van der Waals surface area contributed by atoms with E-state index in [9.17, 15) is 4.79 Å². The number of hydrogen-bond donors (Lipinski definition) is 0. The van der Waals surface area contributed by atoms with E-state index < -0.39 is 4.33 Å². The lowest BCUT2D eigenvalue weighted by molar-refractivity contribution is -0.122. The van der Waals surface area contributed by atoms with Gasteiger partial charge in [-0.15, -0.1) is 0 Å². The molecule has 1 fully saturated rings. The lowest BCUT2D eigenvalue weighted by atomic mass is 9.72. The van der Waals surface area contributed by atoms with Crippen molar-refractivity contribution < 1.29 is 4.79 Å². The number of Topliss-reactive ketones (excluding diaryl/α,β-unsaturated/α-hetero) is 1. The first-order valence-corrected chi connectivity index (χ1v) is 5.40. The summed E-state index contributed by atoms with van der Waals surface area (Å²) < 4.78 is -1.13. The number of rotatable bonds is 0. The summed E-state index contributed by atoms with van der Waals surface area (Å²) >= 11 is 11.9. The highest BCUT2D eigenvalue weighted by molar-refractivity contribution is 6.58. The normalized spacial score (nSPS) is 29.0. The summed E-state index contributed by atoms with van der Waals surface area (Å²) in [4.78, 5) is 11.3. The van der Waals surface area contributed by atoms with Gasteiger partial charge in [0, 0.05) is 6.42 Å². The fourth-order valence-electron chi connectivity index (χ4n) is 1.75. The first kappa shape index (κ1) is 11.3. The molecule has 76 valence electrons. The van der Waals surface area contributed by atoms with Crippen LogP contribution in [-0.2, 0) is 4.79 Å². The van der Waals surface area contributed by atoms with Crippen LogP contribution in [-0.4, -0.2) is 10.1 Å². The smallest absolute Gasteiger partial charge is 0.176 e. The number of alkyl halides is 2. The van der Waals surface area contributed by atoms with Crippen molar-refractivity contribution in [3.05, 3.63) is 0 Å². The van der Waals surface area contributed by atoms with Crippen molar-refractivity contribution in [3.63, 3.8) is 0 Å². The molecule has 1 rings (SSSR count). The average Bonchev–Trinajstić information content (AvgIpc) is 1.92. The van der Waals surface area contributed by atoms with Crippen molar-refractivity contribution in [1.82, 2.24) is 0 Å². The van der Waals surface area contributed by atoms with Gasteiger partial charge in [-0.05, 0) is 24.2 Å². The minimum absolute atomic E-state index is 0.0173. The minimum atomic E-state index is -1.13. The molecule has 1 nitrogen and oxygen atoms in total. The van der Waals surface area contributed by atoms with E-state index in [0.717, 1.165) is 6.42 Å². The molecular weight excluding hydrogens is 207 g/mol. The van der Waals surface area contributed by atoms with Crippen molar-refractivity contribution in [1.29, 1.82) is 0 Å². The summed E-state index contributed by atoms with van der Waals surface area (Å²) in [5, 5.41) is 0. The van der Waals surface area contributed by atoms with E-state index in [-0.39, 0.29) is 11.2 Å². The fraction of sp³-hybridized carbons (Fsp3) is 0.900. The zero-order chi connectivity index (χ0) is 10.3. The molecule has 1 atom stereocenters. The Hall–Kier alpha value is 0.250. The highest BCUT2D eigenvalue weighted by Crippen LogP contribution is 2.45. The van der Waals surface area contributed by atoms with Gasteiger partial charge in [-0.25, -0.2) is 0 Å². The largest absolute Gasteiger partial charge is 0.296 e. The summed E-state index contributed by atoms with van der Waals surface area (Å²) in [6.45, 7) is 6.49. The number of ketones is 1. The van der Waals surface area contributed by atoms with E-state index in [1.165, 1.54) is 0 Å². The van der Waals surface area contributed by atoms with Crippen LogP contribution in [0.5, 0.6) is 0 Å². The Bertz CT molecular complexity index is 215. The Morgan fingerprint density at radius 1 is 1.38 bits per heavy atom. The monoisotopic (exact) mass is 222 g/mol. The second-order valence-corrected chi connectivity index (χ2v) is 6.42. The molecule has 0 aromatic carbocycles. The van der Waals surface area contributed by atoms with Crippen LogP contribution in [0, 0.1) is 11.3 Å². The molecule has 0 bridgehead atoms. The maximum Gasteiger partial charge on any atom is 0.176 e. The molecule has 0 aliphatic heterocycles. The zero-order valence-corrected chi connectivity index (χ0v) is 9.87. The van der Waals surface area contributed by atoms with Crippen molar-refractivity contribution >= 4 is 29.0 Å². The third kappa shape index (κ3) is 2.60. The molecule has 0 spiro atoms. The number of carbonyl (C=O) groups is 1. The van der Waals surface area contributed by atoms with Crippen molar-refractivity contribution in [2.75, 3.05) is 0 Å². The Morgan fingerprint density at radius 3 is 2.31 bits per heavy atom. The van der Waals surface area contributed by atoms with Gasteiger partial charge in [-0.2, -0.15) is 0 Å². The molecule has 0 radical (unpaired) electrons. The van der Waals surface area contributed by atoms with Gasteiger partial charge in [-0.3, -0.25) is 4.79 Å². The van der Waals surface area contributed by atoms with Gasteiger partial charge in [0.05, 0.1) is 0 Å². The van der Waals surface area contributed by atoms with Gasteiger partial charge in [0.2, 0.25) is 0 Å². The van der Waals surface area contributed by atoms with Crippen LogP contribution in [0.3, 0.4) is 0 Å². The van der Waals surface area contributed by atoms with Crippen LogP contribution in [0.4, 0.5) is 0 Å². The molecule has 0 N–H and O–H groups in total. The lowest BCUT2D eigenvalue weighted by Crippen LogP contribution is -2.38. The van der Waals surface area contributed by atoms with E-state index in [0.29, 0.717) is 18.8 Å². The van der Waals surface area contributed by atoms with Crippen molar-refractivity contribution in [3.8, 4) is 0 Å². The second-order valence-electron chi connectivity index (χ2n) is 4.93. The molecule has 0 amide bonds. The van der Waals surface area contributed by atoms with Crippen LogP contribution < -0.4 is 0 Å². The van der Waals surface area contributed by atoms with Gasteiger partial charge in [0.15, 0.2) is 10.1 Å². The lowest BCUT2D eigenvalue weighted by Gasteiger charge is -2.38. The minimum Gasteiger partial charge on any atom is -0.296 e. The van der Waals surface area contributed by atoms with Crippen molar-refractivity contribution in [2.24, 2.45) is 11.3 Å². The maximum atomic E-state index is 11.3. The molecule has 1 aliphatic rings. The summed E-state index contributed by atoms with van der Waals surface area (Å²) in [6.07, 6.45) is 2.04. The van der Waals surface area contributed by atoms with E-state index in [4.69, 9.17) is 23.2 Å². The maximum absolute atomic E-state index is 11.3. The summed E-state index contributed by atoms with van der Waals surface area (Å²) in [5.41, 5.74) is 0.190. The zero-order valence-electron chi connectivity index (χ0n) is 8.36. The van der Waals surface area contributed by atoms with Crippen molar-refractivity contribution in [2.45, 2.75) is 44.4 Å². The molecule has 0 saturated heterocycles. The van der Waals surface area contributed by atoms with E-state index in [1.54, 1.807) is 0 Å². The summed E-state index contributed by atoms with van der Waals surface area (Å²) in [6, 6.07) is 0. The Balaban J connectivity index is 2.72. The van der Waals surface area contributed by atoms with Crippen LogP contribution >= 0.6 is 23.2 Å². The van der Waals surface area contributed by atoms with E-state index >= 15 is 0 Å². The van der Waals surface area contributed by atoms with Gasteiger partial charge in [0.25, 0.3) is 0 Å². The van der Waals surface area contributed by atoms with Gasteiger partial charge in [-0.1, -0.05) is 44.0 Å². The van der Waals surface area contributed by atoms with E-state index in [2.05, 4.69) is 20.8 Å². The predicted octanol–water partition coefficient (Wildman–Crippen LogP) is 3.58. The third-order valence-electron chi connectivity index (χ3n) is 2.86. The number of hydrogen-bond acceptors (Lipinski definition) is 1. The fourth-order valence-corrected chi connectivity index (χ4v) is 2.31. The number of halogens is 2. The molecular formula is C10H16Cl2O. The SMILES string of the molecule is CC(C)(C)[C@@H]1CCC(=O)C(Cl)(Cl)C1. The standard InChI is InChI=1S/C10H16Cl2O/c1-9(2,3)7-4-5-8(13)10(11,12)6-7/h7H,4-6H2,1-3H3/t7-/m1/s1. The summed E-state index contributed by atoms with van der Waals surface area (Å²) in [5.74, 6) is 0.427. The molecule has 3 heteroatoms. The van der Waals surface area contributed by atoms with Gasteiger partial charge >= 0.3 is 0 Å². The predicted molar refractivity (Wildman–Crippen MR) is 56.2 cm³/mol. The average molecular weight is 223 g/mol. The molecule has 1 aliphatic carbocycles. The van der Waals surface area contributed by atoms with Crippen LogP contribution in [0.2, 0.25) is 0 Å². The highest BCUT2D eigenvalue weighted by atomic mass is 35.5. The first-order chi connectivity index (χ1) is 5.73. The van der Waals surface area contributed by atoms with E-state index in [1.807, 2.05) is 0 Å². The molecule has 0 aromatic heterocycles. The molecule has 1 saturated carbocycles. The van der Waals surface area contributed by atoms with Crippen LogP contribution in [0.25, 0.3) is 0 Å². The van der Waals surface area contributed by atoms with Gasteiger partial charge in [0.1, 0.15) is 0 Å². The second kappa shape index (κ2) is 3.43. The Labute approximate surface area is 89.8 Å². The molecule has 13 heavy (non-hydrogen) atoms. The molecule has 0 heterocycles. The van der Waals surface area contributed by atoms with Gasteiger partial charge < -0.3 is 0 Å². The molecule has 0 unspecified atom stereocenters. The Morgan fingerprint density at radius 2 is 1.92 bits per heavy atom. The first-order valence-electron chi connectivity index (χ1n) is 4.64. The quantitative estimate of drug-likeness (QED) is 0.573. The highest BCUT2D eigenvalue weighted by Gasteiger charge is 2.43. The Kier molecular flexibility index (Phi) is 2.99. The third-order valence-corrected chi connectivity index (χ3v) is 3.59.